The first kappa shape index (κ1) is 14.2. The Morgan fingerprint density at radius 3 is 2.41 bits per heavy atom. The van der Waals surface area contributed by atoms with Crippen LogP contribution in [0, 0.1) is 0 Å². The second-order valence-electron chi connectivity index (χ2n) is 4.28. The Hall–Kier alpha value is -0.860. The second-order valence-corrected chi connectivity index (χ2v) is 5.07. The molecule has 0 fully saturated rings. The Bertz CT molecular complexity index is 374. The number of hydrogen-bond donors (Lipinski definition) is 1. The Balaban J connectivity index is 3.04. The van der Waals surface area contributed by atoms with Crippen molar-refractivity contribution in [1.29, 1.82) is 0 Å². The fraction of sp³-hybridized carbons (Fsp3) is 0.333. The standard InChI is InChI=1S/C15H20BrN/c1-3-9-15(17,10-4-2)14-7-5-6-13(12-14)8-11-16/h3-7,12H,1-2,8-11,17H2. The molecule has 1 nitrogen and oxygen atoms in total. The van der Waals surface area contributed by atoms with Gasteiger partial charge in [0.1, 0.15) is 0 Å². The van der Waals surface area contributed by atoms with Crippen molar-refractivity contribution < 1.29 is 0 Å². The average molecular weight is 294 g/mol. The van der Waals surface area contributed by atoms with E-state index in [1.54, 1.807) is 0 Å². The summed E-state index contributed by atoms with van der Waals surface area (Å²) in [5.41, 5.74) is 8.55. The van der Waals surface area contributed by atoms with E-state index in [1.807, 2.05) is 12.2 Å². The summed E-state index contributed by atoms with van der Waals surface area (Å²) in [5, 5.41) is 0.969. The summed E-state index contributed by atoms with van der Waals surface area (Å²) in [7, 11) is 0. The molecule has 0 aliphatic carbocycles. The molecule has 92 valence electrons. The van der Waals surface area contributed by atoms with Crippen LogP contribution in [0.3, 0.4) is 0 Å². The molecular weight excluding hydrogens is 274 g/mol. The maximum absolute atomic E-state index is 6.45. The molecule has 0 heterocycles. The van der Waals surface area contributed by atoms with Crippen LogP contribution >= 0.6 is 15.9 Å². The van der Waals surface area contributed by atoms with E-state index < -0.39 is 0 Å². The zero-order valence-corrected chi connectivity index (χ0v) is 11.7. The minimum absolute atomic E-state index is 0.369. The molecule has 0 saturated heterocycles. The van der Waals surface area contributed by atoms with Crippen molar-refractivity contribution in [2.45, 2.75) is 24.8 Å². The molecule has 0 radical (unpaired) electrons. The van der Waals surface area contributed by atoms with Gasteiger partial charge >= 0.3 is 0 Å². The zero-order valence-electron chi connectivity index (χ0n) is 10.2. The van der Waals surface area contributed by atoms with Gasteiger partial charge in [-0.2, -0.15) is 0 Å². The molecule has 2 heteroatoms. The molecule has 1 aromatic rings. The molecule has 0 saturated carbocycles. The van der Waals surface area contributed by atoms with Gasteiger partial charge in [-0.3, -0.25) is 0 Å². The summed E-state index contributed by atoms with van der Waals surface area (Å²) in [6.07, 6.45) is 6.29. The number of alkyl halides is 1. The monoisotopic (exact) mass is 293 g/mol. The van der Waals surface area contributed by atoms with Crippen LogP contribution in [-0.2, 0) is 12.0 Å². The van der Waals surface area contributed by atoms with Crippen LogP contribution in [0.1, 0.15) is 24.0 Å². The highest BCUT2D eigenvalue weighted by Gasteiger charge is 2.24. The van der Waals surface area contributed by atoms with E-state index in [4.69, 9.17) is 5.73 Å². The number of halogens is 1. The van der Waals surface area contributed by atoms with Crippen molar-refractivity contribution in [1.82, 2.24) is 0 Å². The van der Waals surface area contributed by atoms with Gasteiger partial charge in [-0.25, -0.2) is 0 Å². The smallest absolute Gasteiger partial charge is 0.0479 e. The van der Waals surface area contributed by atoms with Crippen LogP contribution in [0.5, 0.6) is 0 Å². The average Bonchev–Trinajstić information content (AvgIpc) is 2.30. The zero-order chi connectivity index (χ0) is 12.7. The quantitative estimate of drug-likeness (QED) is 0.598. The lowest BCUT2D eigenvalue weighted by atomic mass is 9.84. The van der Waals surface area contributed by atoms with Crippen molar-refractivity contribution in [3.8, 4) is 0 Å². The van der Waals surface area contributed by atoms with Crippen LogP contribution in [0.15, 0.2) is 49.6 Å². The van der Waals surface area contributed by atoms with Gasteiger partial charge in [0.25, 0.3) is 0 Å². The van der Waals surface area contributed by atoms with Crippen LogP contribution in [-0.4, -0.2) is 5.33 Å². The number of rotatable bonds is 7. The number of nitrogens with two attached hydrogens (primary N) is 1. The molecule has 0 atom stereocenters. The molecule has 0 aromatic heterocycles. The predicted molar refractivity (Wildman–Crippen MR) is 79.4 cm³/mol. The van der Waals surface area contributed by atoms with E-state index in [1.165, 1.54) is 5.56 Å². The highest BCUT2D eigenvalue weighted by Crippen LogP contribution is 2.27. The lowest BCUT2D eigenvalue weighted by molar-refractivity contribution is 0.456. The molecule has 0 spiro atoms. The summed E-state index contributed by atoms with van der Waals surface area (Å²) in [4.78, 5) is 0. The minimum Gasteiger partial charge on any atom is -0.321 e. The van der Waals surface area contributed by atoms with Gasteiger partial charge in [0, 0.05) is 10.9 Å². The van der Waals surface area contributed by atoms with Gasteiger partial charge in [-0.05, 0) is 30.4 Å². The highest BCUT2D eigenvalue weighted by atomic mass is 79.9. The summed E-state index contributed by atoms with van der Waals surface area (Å²) in [6, 6.07) is 8.48. The summed E-state index contributed by atoms with van der Waals surface area (Å²) in [5.74, 6) is 0. The van der Waals surface area contributed by atoms with Gasteiger partial charge in [0.05, 0.1) is 0 Å². The van der Waals surface area contributed by atoms with Crippen LogP contribution in [0.25, 0.3) is 0 Å². The van der Waals surface area contributed by atoms with E-state index in [0.717, 1.165) is 30.2 Å². The number of hydrogen-bond acceptors (Lipinski definition) is 1. The van der Waals surface area contributed by atoms with Crippen LogP contribution < -0.4 is 5.73 Å². The first-order valence-electron chi connectivity index (χ1n) is 5.82. The molecule has 1 rings (SSSR count). The van der Waals surface area contributed by atoms with E-state index in [2.05, 4.69) is 53.4 Å². The molecule has 1 aromatic carbocycles. The molecule has 2 N–H and O–H groups in total. The van der Waals surface area contributed by atoms with Crippen LogP contribution in [0.2, 0.25) is 0 Å². The number of benzene rings is 1. The topological polar surface area (TPSA) is 26.0 Å². The molecule has 0 unspecified atom stereocenters. The minimum atomic E-state index is -0.369. The van der Waals surface area contributed by atoms with Gasteiger partial charge in [-0.1, -0.05) is 52.3 Å². The Kier molecular flexibility index (Phi) is 5.66. The van der Waals surface area contributed by atoms with Gasteiger partial charge < -0.3 is 5.73 Å². The Morgan fingerprint density at radius 1 is 1.24 bits per heavy atom. The van der Waals surface area contributed by atoms with Crippen molar-refractivity contribution in [2.75, 3.05) is 5.33 Å². The molecule has 0 amide bonds. The van der Waals surface area contributed by atoms with Crippen molar-refractivity contribution in [2.24, 2.45) is 5.73 Å². The molecule has 0 aliphatic rings. The first-order valence-corrected chi connectivity index (χ1v) is 6.94. The maximum Gasteiger partial charge on any atom is 0.0479 e. The molecule has 17 heavy (non-hydrogen) atoms. The van der Waals surface area contributed by atoms with Crippen molar-refractivity contribution in [3.63, 3.8) is 0 Å². The SMILES string of the molecule is C=CCC(N)(CC=C)c1cccc(CCBr)c1. The summed E-state index contributed by atoms with van der Waals surface area (Å²) >= 11 is 3.46. The third-order valence-electron chi connectivity index (χ3n) is 2.90. The largest absolute Gasteiger partial charge is 0.321 e. The van der Waals surface area contributed by atoms with E-state index in [9.17, 15) is 0 Å². The third kappa shape index (κ3) is 3.83. The van der Waals surface area contributed by atoms with Gasteiger partial charge in [0.15, 0.2) is 0 Å². The lowest BCUT2D eigenvalue weighted by Gasteiger charge is -2.28. The lowest BCUT2D eigenvalue weighted by Crippen LogP contribution is -2.35. The second kappa shape index (κ2) is 6.77. The van der Waals surface area contributed by atoms with Crippen molar-refractivity contribution >= 4 is 15.9 Å². The molecular formula is C15H20BrN. The fourth-order valence-corrected chi connectivity index (χ4v) is 2.44. The van der Waals surface area contributed by atoms with Gasteiger partial charge in [0.2, 0.25) is 0 Å². The summed E-state index contributed by atoms with van der Waals surface area (Å²) < 4.78 is 0. The highest BCUT2D eigenvalue weighted by molar-refractivity contribution is 9.09. The summed E-state index contributed by atoms with van der Waals surface area (Å²) in [6.45, 7) is 7.58. The molecule has 0 aliphatic heterocycles. The fourth-order valence-electron chi connectivity index (χ4n) is 1.98. The maximum atomic E-state index is 6.45. The molecule has 0 bridgehead atoms. The van der Waals surface area contributed by atoms with Gasteiger partial charge in [-0.15, -0.1) is 13.2 Å². The van der Waals surface area contributed by atoms with E-state index in [0.29, 0.717) is 0 Å². The first-order chi connectivity index (χ1) is 8.16. The third-order valence-corrected chi connectivity index (χ3v) is 3.30. The van der Waals surface area contributed by atoms with Crippen LogP contribution in [0.4, 0.5) is 0 Å². The van der Waals surface area contributed by atoms with E-state index in [-0.39, 0.29) is 5.54 Å². The normalized spacial score (nSPS) is 11.2. The number of aryl methyl sites for hydroxylation is 1. The predicted octanol–water partition coefficient (Wildman–Crippen LogP) is 3.93. The van der Waals surface area contributed by atoms with E-state index >= 15 is 0 Å². The Labute approximate surface area is 113 Å². The Morgan fingerprint density at radius 2 is 1.88 bits per heavy atom. The van der Waals surface area contributed by atoms with Crippen molar-refractivity contribution in [3.05, 3.63) is 60.7 Å².